The Morgan fingerprint density at radius 2 is 2.06 bits per heavy atom. The molecule has 0 radical (unpaired) electrons. The molecule has 6 heteroatoms. The first-order valence-electron chi connectivity index (χ1n) is 10.9. The van der Waals surface area contributed by atoms with E-state index in [-0.39, 0.29) is 0 Å². The molecule has 2 aliphatic rings. The lowest BCUT2D eigenvalue weighted by molar-refractivity contribution is 0.100. The zero-order valence-corrected chi connectivity index (χ0v) is 18.0. The fourth-order valence-electron chi connectivity index (χ4n) is 4.26. The van der Waals surface area contributed by atoms with E-state index in [2.05, 4.69) is 48.7 Å². The van der Waals surface area contributed by atoms with Crippen molar-refractivity contribution in [1.29, 1.82) is 0 Å². The lowest BCUT2D eigenvalue weighted by Gasteiger charge is -2.14. The number of hydrogen-bond donors (Lipinski definition) is 2. The first kappa shape index (κ1) is 20.1. The number of ether oxygens (including phenoxy) is 1. The highest BCUT2D eigenvalue weighted by atomic mass is 16.5. The molecule has 3 aromatic rings. The molecule has 162 valence electrons. The summed E-state index contributed by atoms with van der Waals surface area (Å²) in [7, 11) is 0. The van der Waals surface area contributed by atoms with Gasteiger partial charge in [0.25, 0.3) is 5.91 Å². The van der Waals surface area contributed by atoms with Gasteiger partial charge in [-0.15, -0.1) is 0 Å². The monoisotopic (exact) mass is 426 g/mol. The average molecular weight is 427 g/mol. The Morgan fingerprint density at radius 1 is 1.22 bits per heavy atom. The Bertz CT molecular complexity index is 1220. The molecule has 2 heterocycles. The molecule has 5 rings (SSSR count). The number of aromatic nitrogens is 2. The predicted octanol–water partition coefficient (Wildman–Crippen LogP) is 4.77. The number of primary amides is 1. The van der Waals surface area contributed by atoms with Crippen LogP contribution in [0.1, 0.15) is 27.9 Å². The van der Waals surface area contributed by atoms with E-state index in [0.29, 0.717) is 36.1 Å². The fraction of sp³-hybridized carbons (Fsp3) is 0.231. The van der Waals surface area contributed by atoms with Gasteiger partial charge in [0, 0.05) is 23.7 Å². The van der Waals surface area contributed by atoms with E-state index < -0.39 is 5.91 Å². The van der Waals surface area contributed by atoms with Crippen LogP contribution in [0.3, 0.4) is 0 Å². The first-order valence-corrected chi connectivity index (χ1v) is 10.9. The predicted molar refractivity (Wildman–Crippen MR) is 126 cm³/mol. The summed E-state index contributed by atoms with van der Waals surface area (Å²) in [6.07, 6.45) is 10.3. The molecule has 32 heavy (non-hydrogen) atoms. The summed E-state index contributed by atoms with van der Waals surface area (Å²) in [6, 6.07) is 14.0. The van der Waals surface area contributed by atoms with Crippen LogP contribution in [0.4, 0.5) is 11.5 Å². The van der Waals surface area contributed by atoms with Crippen LogP contribution >= 0.6 is 0 Å². The van der Waals surface area contributed by atoms with Crippen molar-refractivity contribution < 1.29 is 9.53 Å². The first-order chi connectivity index (χ1) is 15.6. The van der Waals surface area contributed by atoms with E-state index in [0.717, 1.165) is 29.8 Å². The Hall–Kier alpha value is -3.80. The third-order valence-corrected chi connectivity index (χ3v) is 5.97. The number of carbonyl (C=O) groups is 1. The molecule has 1 amide bonds. The van der Waals surface area contributed by atoms with Gasteiger partial charge in [0.15, 0.2) is 0 Å². The lowest BCUT2D eigenvalue weighted by Crippen LogP contribution is -2.14. The van der Waals surface area contributed by atoms with Crippen LogP contribution in [0, 0.1) is 12.8 Å². The maximum absolute atomic E-state index is 12.4. The Morgan fingerprint density at radius 3 is 2.81 bits per heavy atom. The van der Waals surface area contributed by atoms with Crippen molar-refractivity contribution in [1.82, 2.24) is 9.78 Å². The number of amides is 1. The molecule has 1 aliphatic carbocycles. The van der Waals surface area contributed by atoms with Gasteiger partial charge in [-0.2, -0.15) is 5.10 Å². The minimum absolute atomic E-state index is 0.391. The van der Waals surface area contributed by atoms with E-state index >= 15 is 0 Å². The number of aryl methyl sites for hydroxylation is 3. The summed E-state index contributed by atoms with van der Waals surface area (Å²) in [6.45, 7) is 3.38. The number of nitrogens with zero attached hydrogens (tertiary/aromatic N) is 2. The second kappa shape index (κ2) is 8.38. The molecule has 1 unspecified atom stereocenters. The molecule has 1 aliphatic heterocycles. The van der Waals surface area contributed by atoms with Crippen LogP contribution in [0.15, 0.2) is 66.8 Å². The highest BCUT2D eigenvalue weighted by Crippen LogP contribution is 2.35. The van der Waals surface area contributed by atoms with E-state index in [1.54, 1.807) is 0 Å². The number of allylic oxidation sites excluding steroid dienone is 3. The van der Waals surface area contributed by atoms with Crippen LogP contribution < -0.4 is 15.8 Å². The highest BCUT2D eigenvalue weighted by Gasteiger charge is 2.26. The fourth-order valence-corrected chi connectivity index (χ4v) is 4.26. The molecule has 1 atom stereocenters. The number of hydrogen-bond acceptors (Lipinski definition) is 4. The molecule has 3 N–H and O–H groups in total. The third kappa shape index (κ3) is 3.91. The second-order valence-electron chi connectivity index (χ2n) is 8.34. The Kier molecular flexibility index (Phi) is 5.27. The molecule has 1 aromatic heterocycles. The average Bonchev–Trinajstić information content (AvgIpc) is 3.08. The van der Waals surface area contributed by atoms with Gasteiger partial charge < -0.3 is 15.8 Å². The van der Waals surface area contributed by atoms with Crippen LogP contribution in [0.2, 0.25) is 0 Å². The van der Waals surface area contributed by atoms with Crippen molar-refractivity contribution in [2.75, 3.05) is 11.9 Å². The summed E-state index contributed by atoms with van der Waals surface area (Å²) < 4.78 is 7.79. The number of carbonyl (C=O) groups excluding carboxylic acids is 1. The summed E-state index contributed by atoms with van der Waals surface area (Å²) >= 11 is 0. The minimum Gasteiger partial charge on any atom is -0.493 e. The Labute approximate surface area is 187 Å². The van der Waals surface area contributed by atoms with Gasteiger partial charge in [0.05, 0.1) is 6.61 Å². The number of fused-ring (bicyclic) bond motifs is 2. The van der Waals surface area contributed by atoms with E-state index in [4.69, 9.17) is 15.6 Å². The summed E-state index contributed by atoms with van der Waals surface area (Å²) in [5.74, 6) is 1.33. The van der Waals surface area contributed by atoms with E-state index in [1.807, 2.05) is 35.0 Å². The quantitative estimate of drug-likeness (QED) is 0.616. The zero-order valence-electron chi connectivity index (χ0n) is 18.0. The number of anilines is 2. The Balaban J connectivity index is 1.41. The number of nitrogens with one attached hydrogen (secondary N) is 1. The van der Waals surface area contributed by atoms with E-state index in [1.165, 1.54) is 11.1 Å². The third-order valence-electron chi connectivity index (χ3n) is 5.97. The lowest BCUT2D eigenvalue weighted by atomic mass is 10.0. The van der Waals surface area contributed by atoms with Crippen LogP contribution in [0.5, 0.6) is 5.75 Å². The van der Waals surface area contributed by atoms with Crippen LogP contribution in [-0.4, -0.2) is 22.3 Å². The largest absolute Gasteiger partial charge is 0.493 e. The smallest absolute Gasteiger partial charge is 0.254 e. The molecule has 0 bridgehead atoms. The van der Waals surface area contributed by atoms with Crippen molar-refractivity contribution in [3.8, 4) is 17.0 Å². The second-order valence-corrected chi connectivity index (χ2v) is 8.34. The number of benzene rings is 2. The topological polar surface area (TPSA) is 82.2 Å². The zero-order chi connectivity index (χ0) is 22.1. The van der Waals surface area contributed by atoms with Gasteiger partial charge in [-0.1, -0.05) is 42.0 Å². The van der Waals surface area contributed by atoms with Gasteiger partial charge in [0.1, 0.15) is 22.8 Å². The maximum atomic E-state index is 12.4. The van der Waals surface area contributed by atoms with Crippen molar-refractivity contribution in [2.45, 2.75) is 26.3 Å². The van der Waals surface area contributed by atoms with Gasteiger partial charge in [-0.25, -0.2) is 4.68 Å². The van der Waals surface area contributed by atoms with Crippen molar-refractivity contribution in [3.05, 3.63) is 83.5 Å². The summed E-state index contributed by atoms with van der Waals surface area (Å²) in [5, 5.41) is 8.15. The number of nitrogens with two attached hydrogens (primary N) is 1. The SMILES string of the molecule is Cc1ccc2c(c1)CCn1nc(-c3ccc(OCC4C=CC=CC4)cc3)c(C(N)=O)c1N2. The van der Waals surface area contributed by atoms with Crippen LogP contribution in [0.25, 0.3) is 11.3 Å². The molecule has 2 aromatic carbocycles. The molecule has 0 saturated heterocycles. The highest BCUT2D eigenvalue weighted by molar-refractivity contribution is 6.04. The maximum Gasteiger partial charge on any atom is 0.254 e. The van der Waals surface area contributed by atoms with Gasteiger partial charge in [-0.3, -0.25) is 4.79 Å². The van der Waals surface area contributed by atoms with E-state index in [9.17, 15) is 4.79 Å². The molecule has 6 nitrogen and oxygen atoms in total. The standard InChI is InChI=1S/C26H26N4O2/c1-17-7-12-22-20(15-17)13-14-30-26(28-22)23(25(27)31)24(29-30)19-8-10-21(11-9-19)32-16-18-5-3-2-4-6-18/h2-5,7-12,15,18,28H,6,13-14,16H2,1H3,(H2,27,31). The molecule has 0 fully saturated rings. The molecular formula is C26H26N4O2. The summed E-state index contributed by atoms with van der Waals surface area (Å²) in [5.41, 5.74) is 11.0. The molecule has 0 spiro atoms. The minimum atomic E-state index is -0.498. The molecular weight excluding hydrogens is 400 g/mol. The van der Waals surface area contributed by atoms with Gasteiger partial charge in [-0.05, 0) is 55.7 Å². The van der Waals surface area contributed by atoms with Gasteiger partial charge in [0.2, 0.25) is 0 Å². The van der Waals surface area contributed by atoms with Crippen LogP contribution in [-0.2, 0) is 13.0 Å². The van der Waals surface area contributed by atoms with Crippen molar-refractivity contribution in [2.24, 2.45) is 11.7 Å². The number of rotatable bonds is 5. The molecule has 0 saturated carbocycles. The summed E-state index contributed by atoms with van der Waals surface area (Å²) in [4.78, 5) is 12.4. The van der Waals surface area contributed by atoms with Crippen molar-refractivity contribution in [3.63, 3.8) is 0 Å². The van der Waals surface area contributed by atoms with Gasteiger partial charge >= 0.3 is 0 Å². The normalized spacial score (nSPS) is 16.6. The van der Waals surface area contributed by atoms with Crippen molar-refractivity contribution >= 4 is 17.4 Å².